The predicted molar refractivity (Wildman–Crippen MR) is 95.4 cm³/mol. The number of halogens is 1. The number of hydroxylamine groups is 2. The van der Waals surface area contributed by atoms with Crippen molar-refractivity contribution in [2.45, 2.75) is 52.5 Å². The van der Waals surface area contributed by atoms with E-state index < -0.39 is 29.2 Å². The van der Waals surface area contributed by atoms with Crippen molar-refractivity contribution in [1.29, 1.82) is 0 Å². The summed E-state index contributed by atoms with van der Waals surface area (Å²) in [5.74, 6) is -1.33. The molecule has 1 saturated heterocycles. The molecule has 0 aliphatic carbocycles. The van der Waals surface area contributed by atoms with Gasteiger partial charge in [-0.2, -0.15) is 0 Å². The highest BCUT2D eigenvalue weighted by atomic mass is 19.1. The van der Waals surface area contributed by atoms with Gasteiger partial charge in [0.2, 0.25) is 6.04 Å². The molecule has 0 radical (unpaired) electrons. The van der Waals surface area contributed by atoms with Gasteiger partial charge in [-0.3, -0.25) is 10.1 Å². The molecule has 1 aliphatic heterocycles. The summed E-state index contributed by atoms with van der Waals surface area (Å²) in [6, 6.07) is 5.07. The Morgan fingerprint density at radius 1 is 1.38 bits per heavy atom. The van der Waals surface area contributed by atoms with Crippen LogP contribution in [0.5, 0.6) is 0 Å². The number of nitro groups is 1. The van der Waals surface area contributed by atoms with E-state index in [-0.39, 0.29) is 17.4 Å². The Morgan fingerprint density at radius 3 is 2.62 bits per heavy atom. The number of nitrogens with zero attached hydrogens (tertiary/aromatic N) is 2. The quantitative estimate of drug-likeness (QED) is 0.585. The molecule has 2 rings (SSSR count). The molecule has 1 fully saturated rings. The van der Waals surface area contributed by atoms with Crippen LogP contribution in [0.25, 0.3) is 0 Å². The van der Waals surface area contributed by atoms with Gasteiger partial charge >= 0.3 is 5.97 Å². The van der Waals surface area contributed by atoms with Gasteiger partial charge in [0, 0.05) is 11.5 Å². The second kappa shape index (κ2) is 8.12. The third-order valence-corrected chi connectivity index (χ3v) is 4.74. The maximum atomic E-state index is 13.7. The highest BCUT2D eigenvalue weighted by molar-refractivity contribution is 5.75. The zero-order valence-electron chi connectivity index (χ0n) is 15.8. The summed E-state index contributed by atoms with van der Waals surface area (Å²) >= 11 is 0. The summed E-state index contributed by atoms with van der Waals surface area (Å²) in [5.41, 5.74) is -0.0593. The molecule has 1 aromatic carbocycles. The van der Waals surface area contributed by atoms with Gasteiger partial charge in [-0.25, -0.2) is 9.18 Å². The number of carbonyl (C=O) groups excluding carboxylic acids is 1. The van der Waals surface area contributed by atoms with Crippen molar-refractivity contribution in [1.82, 2.24) is 5.06 Å². The minimum atomic E-state index is -0.963. The Labute approximate surface area is 153 Å². The average molecular weight is 366 g/mol. The van der Waals surface area contributed by atoms with Gasteiger partial charge in [0.05, 0.1) is 11.3 Å². The number of piperidine rings is 1. The molecule has 1 aliphatic rings. The van der Waals surface area contributed by atoms with E-state index >= 15 is 0 Å². The smallest absolute Gasteiger partial charge is 0.330 e. The van der Waals surface area contributed by atoms with Crippen LogP contribution in [-0.4, -0.2) is 35.1 Å². The second-order valence-electron chi connectivity index (χ2n) is 7.96. The molecule has 3 atom stereocenters. The minimum absolute atomic E-state index is 0.00376. The highest BCUT2D eigenvalue weighted by Gasteiger charge is 2.46. The zero-order chi connectivity index (χ0) is 19.5. The number of benzene rings is 1. The van der Waals surface area contributed by atoms with Gasteiger partial charge in [-0.15, -0.1) is 5.06 Å². The van der Waals surface area contributed by atoms with Crippen molar-refractivity contribution in [2.75, 3.05) is 13.1 Å². The SMILES string of the molecule is CCC[C@H]1CN(OC(=O)C(C)(C)C)C[C@@H]([N+](=O)[O-])[C@@H]1c1cccc(F)c1. The van der Waals surface area contributed by atoms with Crippen molar-refractivity contribution in [3.63, 3.8) is 0 Å². The van der Waals surface area contributed by atoms with Crippen molar-refractivity contribution >= 4 is 5.97 Å². The first-order valence-corrected chi connectivity index (χ1v) is 8.99. The third-order valence-electron chi connectivity index (χ3n) is 4.74. The molecule has 7 heteroatoms. The fourth-order valence-corrected chi connectivity index (χ4v) is 3.46. The molecular formula is C19H27FN2O4. The molecular weight excluding hydrogens is 339 g/mol. The molecule has 0 amide bonds. The Morgan fingerprint density at radius 2 is 2.08 bits per heavy atom. The first-order valence-electron chi connectivity index (χ1n) is 8.99. The zero-order valence-corrected chi connectivity index (χ0v) is 15.8. The van der Waals surface area contributed by atoms with Crippen LogP contribution in [0.3, 0.4) is 0 Å². The van der Waals surface area contributed by atoms with Gasteiger partial charge in [-0.05, 0) is 50.8 Å². The van der Waals surface area contributed by atoms with E-state index in [1.165, 1.54) is 17.2 Å². The van der Waals surface area contributed by atoms with E-state index in [2.05, 4.69) is 0 Å². The molecule has 0 spiro atoms. The summed E-state index contributed by atoms with van der Waals surface area (Å²) < 4.78 is 13.7. The van der Waals surface area contributed by atoms with Crippen LogP contribution in [0.2, 0.25) is 0 Å². The Hall–Kier alpha value is -2.02. The summed E-state index contributed by atoms with van der Waals surface area (Å²) in [6.07, 6.45) is 1.57. The minimum Gasteiger partial charge on any atom is -0.367 e. The Kier molecular flexibility index (Phi) is 6.34. The van der Waals surface area contributed by atoms with E-state index in [0.29, 0.717) is 12.1 Å². The van der Waals surface area contributed by atoms with E-state index in [1.807, 2.05) is 6.92 Å². The first-order chi connectivity index (χ1) is 12.1. The van der Waals surface area contributed by atoms with Gasteiger partial charge in [0.1, 0.15) is 12.4 Å². The first kappa shape index (κ1) is 20.3. The van der Waals surface area contributed by atoms with Crippen LogP contribution in [0.4, 0.5) is 4.39 Å². The topological polar surface area (TPSA) is 72.7 Å². The summed E-state index contributed by atoms with van der Waals surface area (Å²) in [6.45, 7) is 7.62. The van der Waals surface area contributed by atoms with E-state index in [4.69, 9.17) is 4.84 Å². The van der Waals surface area contributed by atoms with Crippen molar-refractivity contribution < 1.29 is 18.9 Å². The maximum Gasteiger partial charge on any atom is 0.330 e. The predicted octanol–water partition coefficient (Wildman–Crippen LogP) is 3.79. The number of carbonyl (C=O) groups is 1. The second-order valence-corrected chi connectivity index (χ2v) is 7.96. The van der Waals surface area contributed by atoms with Crippen LogP contribution >= 0.6 is 0 Å². The van der Waals surface area contributed by atoms with Crippen LogP contribution in [-0.2, 0) is 9.63 Å². The van der Waals surface area contributed by atoms with Crippen molar-refractivity contribution in [3.8, 4) is 0 Å². The van der Waals surface area contributed by atoms with E-state index in [9.17, 15) is 19.3 Å². The normalized spacial score (nSPS) is 24.3. The lowest BCUT2D eigenvalue weighted by molar-refractivity contribution is -0.536. The number of rotatable bonds is 5. The molecule has 144 valence electrons. The van der Waals surface area contributed by atoms with E-state index in [1.54, 1.807) is 32.9 Å². The fraction of sp³-hybridized carbons (Fsp3) is 0.632. The lowest BCUT2D eigenvalue weighted by Gasteiger charge is -2.39. The summed E-state index contributed by atoms with van der Waals surface area (Å²) in [4.78, 5) is 29.0. The summed E-state index contributed by atoms with van der Waals surface area (Å²) in [5, 5.41) is 13.2. The molecule has 0 unspecified atom stereocenters. The van der Waals surface area contributed by atoms with Gasteiger partial charge in [-0.1, -0.05) is 25.5 Å². The average Bonchev–Trinajstić information content (AvgIpc) is 2.53. The van der Waals surface area contributed by atoms with Crippen LogP contribution < -0.4 is 0 Å². The van der Waals surface area contributed by atoms with Crippen LogP contribution in [0.1, 0.15) is 52.0 Å². The van der Waals surface area contributed by atoms with Gasteiger partial charge < -0.3 is 4.84 Å². The van der Waals surface area contributed by atoms with Gasteiger partial charge in [0.15, 0.2) is 0 Å². The lowest BCUT2D eigenvalue weighted by atomic mass is 9.76. The molecule has 26 heavy (non-hydrogen) atoms. The molecule has 0 aromatic heterocycles. The number of hydrogen-bond donors (Lipinski definition) is 0. The summed E-state index contributed by atoms with van der Waals surface area (Å²) in [7, 11) is 0. The molecule has 0 bridgehead atoms. The maximum absolute atomic E-state index is 13.7. The van der Waals surface area contributed by atoms with Crippen LogP contribution in [0.15, 0.2) is 24.3 Å². The van der Waals surface area contributed by atoms with Gasteiger partial charge in [0.25, 0.3) is 0 Å². The lowest BCUT2D eigenvalue weighted by Crippen LogP contribution is -2.52. The fourth-order valence-electron chi connectivity index (χ4n) is 3.46. The molecule has 0 N–H and O–H groups in total. The third kappa shape index (κ3) is 4.78. The molecule has 0 saturated carbocycles. The number of hydrogen-bond acceptors (Lipinski definition) is 5. The Bertz CT molecular complexity index is 659. The standard InChI is InChI=1S/C19H27FN2O4/c1-5-7-14-11-21(26-18(23)19(2,3)4)12-16(22(24)25)17(14)13-8-6-9-15(20)10-13/h6,8-10,14,16-17H,5,7,11-12H2,1-4H3/t14-,16+,17+/m0/s1. The van der Waals surface area contributed by atoms with Crippen LogP contribution in [0, 0.1) is 27.3 Å². The van der Waals surface area contributed by atoms with E-state index in [0.717, 1.165) is 12.8 Å². The Balaban J connectivity index is 2.31. The highest BCUT2D eigenvalue weighted by Crippen LogP contribution is 2.38. The van der Waals surface area contributed by atoms with Crippen molar-refractivity contribution in [3.05, 3.63) is 45.8 Å². The molecule has 6 nitrogen and oxygen atoms in total. The largest absolute Gasteiger partial charge is 0.367 e. The molecule has 1 heterocycles. The monoisotopic (exact) mass is 366 g/mol. The molecule has 1 aromatic rings. The van der Waals surface area contributed by atoms with Crippen molar-refractivity contribution in [2.24, 2.45) is 11.3 Å².